The van der Waals surface area contributed by atoms with Gasteiger partial charge in [-0.15, -0.1) is 0 Å². The lowest BCUT2D eigenvalue weighted by atomic mass is 10.1. The number of aryl methyl sites for hydroxylation is 1. The molecule has 1 N–H and O–H groups in total. The second kappa shape index (κ2) is 6.22. The van der Waals surface area contributed by atoms with Gasteiger partial charge in [-0.1, -0.05) is 30.3 Å². The van der Waals surface area contributed by atoms with Crippen molar-refractivity contribution in [2.75, 3.05) is 0 Å². The highest BCUT2D eigenvalue weighted by Gasteiger charge is 2.21. The number of benzene rings is 1. The molecule has 0 saturated carbocycles. The molecule has 5 heteroatoms. The quantitative estimate of drug-likeness (QED) is 0.803. The number of carbonyl (C=O) groups is 1. The molecule has 0 unspecified atom stereocenters. The van der Waals surface area contributed by atoms with Gasteiger partial charge in [-0.2, -0.15) is 0 Å². The molecule has 1 atom stereocenters. The van der Waals surface area contributed by atoms with Crippen LogP contribution in [0.5, 0.6) is 0 Å². The van der Waals surface area contributed by atoms with Crippen LogP contribution in [-0.4, -0.2) is 20.4 Å². The molecule has 5 nitrogen and oxygen atoms in total. The molecule has 1 amide bonds. The van der Waals surface area contributed by atoms with Gasteiger partial charge in [0.05, 0.1) is 0 Å². The zero-order valence-corrected chi connectivity index (χ0v) is 12.2. The van der Waals surface area contributed by atoms with Crippen molar-refractivity contribution in [1.82, 2.24) is 19.9 Å². The SMILES string of the molecule is Cn1ccnc1[C@H](NC(=O)c1ccncc1)c1ccccc1. The Balaban J connectivity index is 1.93. The molecule has 2 heterocycles. The fourth-order valence-electron chi connectivity index (χ4n) is 2.32. The number of imidazole rings is 1. The number of nitrogens with zero attached hydrogens (tertiary/aromatic N) is 3. The summed E-state index contributed by atoms with van der Waals surface area (Å²) in [5.41, 5.74) is 1.56. The van der Waals surface area contributed by atoms with Crippen molar-refractivity contribution < 1.29 is 4.79 Å². The maximum atomic E-state index is 12.5. The van der Waals surface area contributed by atoms with Gasteiger partial charge < -0.3 is 9.88 Å². The fraction of sp³-hybridized carbons (Fsp3) is 0.118. The third-order valence-electron chi connectivity index (χ3n) is 3.47. The van der Waals surface area contributed by atoms with Gasteiger partial charge in [0.25, 0.3) is 5.91 Å². The molecular formula is C17H16N4O. The number of carbonyl (C=O) groups excluding carboxylic acids is 1. The van der Waals surface area contributed by atoms with E-state index in [-0.39, 0.29) is 11.9 Å². The van der Waals surface area contributed by atoms with Crippen LogP contribution in [0.2, 0.25) is 0 Å². The number of aromatic nitrogens is 3. The monoisotopic (exact) mass is 292 g/mol. The molecule has 0 aliphatic rings. The highest BCUT2D eigenvalue weighted by atomic mass is 16.1. The second-order valence-corrected chi connectivity index (χ2v) is 4.95. The van der Waals surface area contributed by atoms with E-state index in [1.54, 1.807) is 30.7 Å². The van der Waals surface area contributed by atoms with Crippen LogP contribution in [0.3, 0.4) is 0 Å². The standard InChI is InChI=1S/C17H16N4O/c1-21-12-11-19-16(21)15(13-5-3-2-4-6-13)20-17(22)14-7-9-18-10-8-14/h2-12,15H,1H3,(H,20,22)/t15-/m1/s1. The van der Waals surface area contributed by atoms with Crippen LogP contribution in [0.25, 0.3) is 0 Å². The summed E-state index contributed by atoms with van der Waals surface area (Å²) in [4.78, 5) is 20.8. The fourth-order valence-corrected chi connectivity index (χ4v) is 2.32. The summed E-state index contributed by atoms with van der Waals surface area (Å²) in [5.74, 6) is 0.632. The van der Waals surface area contributed by atoms with Gasteiger partial charge >= 0.3 is 0 Å². The number of nitrogens with one attached hydrogen (secondary N) is 1. The summed E-state index contributed by atoms with van der Waals surface area (Å²) in [5, 5.41) is 3.04. The van der Waals surface area contributed by atoms with Crippen LogP contribution in [0.4, 0.5) is 0 Å². The van der Waals surface area contributed by atoms with E-state index in [2.05, 4.69) is 15.3 Å². The number of hydrogen-bond donors (Lipinski definition) is 1. The number of pyridine rings is 1. The summed E-state index contributed by atoms with van der Waals surface area (Å²) >= 11 is 0. The van der Waals surface area contributed by atoms with Crippen molar-refractivity contribution in [3.8, 4) is 0 Å². The van der Waals surface area contributed by atoms with E-state index in [0.717, 1.165) is 11.4 Å². The second-order valence-electron chi connectivity index (χ2n) is 4.95. The van der Waals surface area contributed by atoms with Crippen LogP contribution >= 0.6 is 0 Å². The Labute approximate surface area is 128 Å². The Morgan fingerprint density at radius 3 is 2.45 bits per heavy atom. The van der Waals surface area contributed by atoms with Gasteiger partial charge in [0.2, 0.25) is 0 Å². The summed E-state index contributed by atoms with van der Waals surface area (Å²) in [7, 11) is 1.91. The summed E-state index contributed by atoms with van der Waals surface area (Å²) < 4.78 is 1.91. The lowest BCUT2D eigenvalue weighted by Crippen LogP contribution is -2.31. The van der Waals surface area contributed by atoms with Crippen LogP contribution in [-0.2, 0) is 7.05 Å². The minimum Gasteiger partial charge on any atom is -0.338 e. The van der Waals surface area contributed by atoms with Crippen LogP contribution in [0, 0.1) is 0 Å². The number of hydrogen-bond acceptors (Lipinski definition) is 3. The first-order valence-corrected chi connectivity index (χ1v) is 6.99. The summed E-state index contributed by atoms with van der Waals surface area (Å²) in [6.45, 7) is 0. The first kappa shape index (κ1) is 14.0. The van der Waals surface area contributed by atoms with Gasteiger partial charge in [0.15, 0.2) is 0 Å². The maximum Gasteiger partial charge on any atom is 0.252 e. The van der Waals surface area contributed by atoms with Crippen molar-refractivity contribution in [1.29, 1.82) is 0 Å². The van der Waals surface area contributed by atoms with E-state index in [0.29, 0.717) is 5.56 Å². The topological polar surface area (TPSA) is 59.8 Å². The van der Waals surface area contributed by atoms with Gasteiger partial charge in [-0.05, 0) is 17.7 Å². The van der Waals surface area contributed by atoms with Gasteiger partial charge in [0.1, 0.15) is 11.9 Å². The molecule has 0 radical (unpaired) electrons. The van der Waals surface area contributed by atoms with Gasteiger partial charge in [0, 0.05) is 37.4 Å². The Kier molecular flexibility index (Phi) is 3.96. The zero-order valence-electron chi connectivity index (χ0n) is 12.2. The summed E-state index contributed by atoms with van der Waals surface area (Å²) in [6.07, 6.45) is 6.80. The van der Waals surface area contributed by atoms with Gasteiger partial charge in [-0.25, -0.2) is 4.98 Å². The minimum absolute atomic E-state index is 0.153. The highest BCUT2D eigenvalue weighted by molar-refractivity contribution is 5.94. The molecule has 1 aromatic carbocycles. The third-order valence-corrected chi connectivity index (χ3v) is 3.47. The largest absolute Gasteiger partial charge is 0.338 e. The van der Waals surface area contributed by atoms with Crippen LogP contribution in [0.1, 0.15) is 27.8 Å². The number of amides is 1. The van der Waals surface area contributed by atoms with E-state index in [9.17, 15) is 4.79 Å². The first-order chi connectivity index (χ1) is 10.8. The predicted molar refractivity (Wildman–Crippen MR) is 83.2 cm³/mol. The molecular weight excluding hydrogens is 276 g/mol. The molecule has 0 aliphatic heterocycles. The Morgan fingerprint density at radius 2 is 1.82 bits per heavy atom. The Hall–Kier alpha value is -2.95. The third kappa shape index (κ3) is 2.88. The minimum atomic E-state index is -0.304. The van der Waals surface area contributed by atoms with Crippen molar-refractivity contribution in [3.05, 3.63) is 84.2 Å². The van der Waals surface area contributed by atoms with Crippen LogP contribution in [0.15, 0.2) is 67.3 Å². The molecule has 0 saturated heterocycles. The average Bonchev–Trinajstić information content (AvgIpc) is 3.00. The molecule has 22 heavy (non-hydrogen) atoms. The van der Waals surface area contributed by atoms with E-state index < -0.39 is 0 Å². The summed E-state index contributed by atoms with van der Waals surface area (Å²) in [6, 6.07) is 12.9. The lowest BCUT2D eigenvalue weighted by molar-refractivity contribution is 0.0941. The van der Waals surface area contributed by atoms with E-state index >= 15 is 0 Å². The normalized spacial score (nSPS) is 11.9. The molecule has 3 rings (SSSR count). The lowest BCUT2D eigenvalue weighted by Gasteiger charge is -2.19. The smallest absolute Gasteiger partial charge is 0.252 e. The van der Waals surface area contributed by atoms with Crippen molar-refractivity contribution in [3.63, 3.8) is 0 Å². The average molecular weight is 292 g/mol. The maximum absolute atomic E-state index is 12.5. The molecule has 0 spiro atoms. The first-order valence-electron chi connectivity index (χ1n) is 6.99. The van der Waals surface area contributed by atoms with E-state index in [4.69, 9.17) is 0 Å². The Morgan fingerprint density at radius 1 is 1.09 bits per heavy atom. The van der Waals surface area contributed by atoms with Gasteiger partial charge in [-0.3, -0.25) is 9.78 Å². The Bertz CT molecular complexity index is 753. The van der Waals surface area contributed by atoms with E-state index in [1.807, 2.05) is 48.1 Å². The number of rotatable bonds is 4. The molecule has 0 fully saturated rings. The van der Waals surface area contributed by atoms with E-state index in [1.165, 1.54) is 0 Å². The predicted octanol–water partition coefficient (Wildman–Crippen LogP) is 2.33. The van der Waals surface area contributed by atoms with Crippen molar-refractivity contribution >= 4 is 5.91 Å². The highest BCUT2D eigenvalue weighted by Crippen LogP contribution is 2.20. The molecule has 2 aromatic heterocycles. The molecule has 110 valence electrons. The molecule has 0 aliphatic carbocycles. The molecule has 0 bridgehead atoms. The van der Waals surface area contributed by atoms with Crippen molar-refractivity contribution in [2.24, 2.45) is 7.05 Å². The van der Waals surface area contributed by atoms with Crippen LogP contribution < -0.4 is 5.32 Å². The zero-order chi connectivity index (χ0) is 15.4. The van der Waals surface area contributed by atoms with Crippen molar-refractivity contribution in [2.45, 2.75) is 6.04 Å². The molecule has 3 aromatic rings.